The lowest BCUT2D eigenvalue weighted by molar-refractivity contribution is -0.147. The minimum atomic E-state index is -3.80. The van der Waals surface area contributed by atoms with Crippen molar-refractivity contribution in [1.82, 2.24) is 9.21 Å². The van der Waals surface area contributed by atoms with Crippen LogP contribution in [-0.2, 0) is 30.9 Å². The van der Waals surface area contributed by atoms with Crippen molar-refractivity contribution in [2.75, 3.05) is 27.2 Å². The number of hydrogen-bond donors (Lipinski definition) is 0. The largest absolute Gasteiger partial charge is 0.468 e. The number of ether oxygens (including phenoxy) is 1. The van der Waals surface area contributed by atoms with Crippen molar-refractivity contribution in [1.29, 1.82) is 0 Å². The number of rotatable bonds is 10. The fraction of sp³-hybridized carbons (Fsp3) is 0.333. The Bertz CT molecular complexity index is 1010. The molecule has 168 valence electrons. The Labute approximate surface area is 186 Å². The van der Waals surface area contributed by atoms with Gasteiger partial charge in [0.05, 0.1) is 12.0 Å². The van der Waals surface area contributed by atoms with Crippen LogP contribution >= 0.6 is 11.6 Å². The molecule has 31 heavy (non-hydrogen) atoms. The molecule has 0 spiro atoms. The highest BCUT2D eigenvalue weighted by Crippen LogP contribution is 2.19. The number of amides is 1. The van der Waals surface area contributed by atoms with E-state index in [4.69, 9.17) is 11.6 Å². The monoisotopic (exact) mass is 470 g/mol. The molecule has 0 radical (unpaired) electrons. The lowest BCUT2D eigenvalue weighted by Crippen LogP contribution is -2.36. The number of sulfonamides is 1. The molecule has 0 atom stereocenters. The van der Waals surface area contributed by atoms with Gasteiger partial charge in [0.15, 0.2) is 0 Å². The molecule has 0 saturated heterocycles. The zero-order valence-electron chi connectivity index (χ0n) is 17.3. The summed E-state index contributed by atoms with van der Waals surface area (Å²) in [5.41, 5.74) is 0.678. The van der Waals surface area contributed by atoms with Gasteiger partial charge in [0.2, 0.25) is 15.9 Å². The van der Waals surface area contributed by atoms with Gasteiger partial charge in [-0.15, -0.1) is 0 Å². The van der Waals surface area contributed by atoms with Crippen LogP contribution in [0.2, 0.25) is 5.02 Å². The van der Waals surface area contributed by atoms with Crippen molar-refractivity contribution in [3.05, 3.63) is 64.9 Å². The Morgan fingerprint density at radius 2 is 1.74 bits per heavy atom. The van der Waals surface area contributed by atoms with Crippen molar-refractivity contribution in [3.8, 4) is 0 Å². The van der Waals surface area contributed by atoms with Gasteiger partial charge < -0.3 is 9.64 Å². The van der Waals surface area contributed by atoms with Gasteiger partial charge in [0.1, 0.15) is 12.4 Å². The Kier molecular flexibility index (Phi) is 8.97. The van der Waals surface area contributed by atoms with E-state index in [1.165, 1.54) is 31.2 Å². The van der Waals surface area contributed by atoms with E-state index in [9.17, 15) is 22.4 Å². The Hall–Kier alpha value is -2.49. The van der Waals surface area contributed by atoms with Crippen LogP contribution < -0.4 is 0 Å². The van der Waals surface area contributed by atoms with E-state index in [1.807, 2.05) is 0 Å². The van der Waals surface area contributed by atoms with Crippen LogP contribution in [0.3, 0.4) is 0 Å². The second kappa shape index (κ2) is 11.2. The third-order valence-corrected chi connectivity index (χ3v) is 6.84. The summed E-state index contributed by atoms with van der Waals surface area (Å²) in [7, 11) is -1.18. The van der Waals surface area contributed by atoms with E-state index >= 15 is 0 Å². The summed E-state index contributed by atoms with van der Waals surface area (Å²) in [6.45, 7) is -0.0504. The highest BCUT2D eigenvalue weighted by molar-refractivity contribution is 7.89. The van der Waals surface area contributed by atoms with Crippen molar-refractivity contribution < 1.29 is 27.1 Å². The third kappa shape index (κ3) is 7.02. The number of esters is 1. The average molecular weight is 471 g/mol. The van der Waals surface area contributed by atoms with Crippen LogP contribution in [0.15, 0.2) is 53.4 Å². The van der Waals surface area contributed by atoms with Crippen molar-refractivity contribution >= 4 is 33.5 Å². The second-order valence-corrected chi connectivity index (χ2v) is 9.25. The van der Waals surface area contributed by atoms with Gasteiger partial charge in [-0.25, -0.2) is 17.1 Å². The van der Waals surface area contributed by atoms with Crippen molar-refractivity contribution in [2.24, 2.45) is 0 Å². The molecule has 10 heteroatoms. The Morgan fingerprint density at radius 3 is 2.35 bits per heavy atom. The second-order valence-electron chi connectivity index (χ2n) is 6.80. The summed E-state index contributed by atoms with van der Waals surface area (Å²) >= 11 is 6.16. The van der Waals surface area contributed by atoms with Crippen LogP contribution in [-0.4, -0.2) is 56.7 Å². The van der Waals surface area contributed by atoms with Gasteiger partial charge in [-0.1, -0.05) is 29.8 Å². The van der Waals surface area contributed by atoms with Crippen LogP contribution in [0.1, 0.15) is 18.4 Å². The fourth-order valence-corrected chi connectivity index (χ4v) is 4.21. The maximum Gasteiger partial charge on any atom is 0.325 e. The normalized spacial score (nSPS) is 11.4. The molecule has 2 aromatic rings. The van der Waals surface area contributed by atoms with E-state index in [0.717, 1.165) is 16.4 Å². The highest BCUT2D eigenvalue weighted by atomic mass is 35.5. The quantitative estimate of drug-likeness (QED) is 0.498. The topological polar surface area (TPSA) is 84.0 Å². The molecule has 0 saturated carbocycles. The van der Waals surface area contributed by atoms with Crippen LogP contribution in [0.25, 0.3) is 0 Å². The molecule has 0 fully saturated rings. The van der Waals surface area contributed by atoms with E-state index in [0.29, 0.717) is 10.6 Å². The molecule has 2 rings (SSSR count). The zero-order valence-corrected chi connectivity index (χ0v) is 18.8. The Balaban J connectivity index is 2.00. The molecule has 0 aliphatic heterocycles. The van der Waals surface area contributed by atoms with Gasteiger partial charge in [-0.05, 0) is 42.3 Å². The van der Waals surface area contributed by atoms with Gasteiger partial charge in [-0.3, -0.25) is 9.59 Å². The summed E-state index contributed by atoms with van der Waals surface area (Å²) in [5.74, 6) is -1.44. The van der Waals surface area contributed by atoms with Gasteiger partial charge in [0.25, 0.3) is 0 Å². The third-order valence-electron chi connectivity index (χ3n) is 4.60. The Morgan fingerprint density at radius 1 is 1.10 bits per heavy atom. The lowest BCUT2D eigenvalue weighted by atomic mass is 10.2. The smallest absolute Gasteiger partial charge is 0.325 e. The number of carbonyl (C=O) groups is 2. The average Bonchev–Trinajstić information content (AvgIpc) is 2.74. The van der Waals surface area contributed by atoms with Crippen molar-refractivity contribution in [3.63, 3.8) is 0 Å². The molecule has 0 aliphatic carbocycles. The van der Waals surface area contributed by atoms with Crippen LogP contribution in [0, 0.1) is 5.82 Å². The van der Waals surface area contributed by atoms with Gasteiger partial charge in [0, 0.05) is 31.6 Å². The molecule has 2 aromatic carbocycles. The lowest BCUT2D eigenvalue weighted by Gasteiger charge is -2.23. The zero-order chi connectivity index (χ0) is 23.0. The van der Waals surface area contributed by atoms with Gasteiger partial charge in [-0.2, -0.15) is 0 Å². The molecule has 7 nitrogen and oxygen atoms in total. The standard InChI is InChI=1S/C21H24ClFN2O5S/c1-24(31(28,29)18-11-9-17(23)10-12-18)13-5-8-20(26)25(15-21(27)30-2)14-16-6-3-4-7-19(16)22/h3-4,6-7,9-12H,5,8,13-15H2,1-2H3. The maximum absolute atomic E-state index is 13.0. The molecule has 0 N–H and O–H groups in total. The number of carbonyl (C=O) groups excluding carboxylic acids is 2. The molecule has 1 amide bonds. The summed E-state index contributed by atoms with van der Waals surface area (Å²) in [6.07, 6.45) is 0.251. The number of hydrogen-bond acceptors (Lipinski definition) is 5. The van der Waals surface area contributed by atoms with Crippen LogP contribution in [0.4, 0.5) is 4.39 Å². The summed E-state index contributed by atoms with van der Waals surface area (Å²) < 4.78 is 43.9. The number of nitrogens with zero attached hydrogens (tertiary/aromatic N) is 2. The molecule has 0 bridgehead atoms. The first kappa shape index (κ1) is 24.8. The minimum absolute atomic E-state index is 0.0186. The maximum atomic E-state index is 13.0. The predicted molar refractivity (Wildman–Crippen MR) is 114 cm³/mol. The first-order valence-electron chi connectivity index (χ1n) is 9.45. The van der Waals surface area contributed by atoms with E-state index < -0.39 is 21.8 Å². The van der Waals surface area contributed by atoms with E-state index in [-0.39, 0.29) is 43.3 Å². The summed E-state index contributed by atoms with van der Waals surface area (Å²) in [5, 5.41) is 0.468. The number of methoxy groups -OCH3 is 1. The van der Waals surface area contributed by atoms with E-state index in [2.05, 4.69) is 4.74 Å². The molecule has 0 heterocycles. The molecular formula is C21H24ClFN2O5S. The molecular weight excluding hydrogens is 447 g/mol. The van der Waals surface area contributed by atoms with Crippen molar-refractivity contribution in [2.45, 2.75) is 24.3 Å². The molecule has 0 aliphatic rings. The SMILES string of the molecule is COC(=O)CN(Cc1ccccc1Cl)C(=O)CCCN(C)S(=O)(=O)c1ccc(F)cc1. The van der Waals surface area contributed by atoms with E-state index in [1.54, 1.807) is 24.3 Å². The van der Waals surface area contributed by atoms with Gasteiger partial charge >= 0.3 is 5.97 Å². The minimum Gasteiger partial charge on any atom is -0.468 e. The fourth-order valence-electron chi connectivity index (χ4n) is 2.80. The first-order valence-corrected chi connectivity index (χ1v) is 11.3. The predicted octanol–water partition coefficient (Wildman–Crippen LogP) is 3.08. The summed E-state index contributed by atoms with van der Waals surface area (Å²) in [4.78, 5) is 25.7. The first-order chi connectivity index (χ1) is 14.6. The molecule has 0 unspecified atom stereocenters. The highest BCUT2D eigenvalue weighted by Gasteiger charge is 2.22. The number of benzene rings is 2. The molecule has 0 aromatic heterocycles. The number of halogens is 2. The summed E-state index contributed by atoms with van der Waals surface area (Å²) in [6, 6.07) is 11.5. The van der Waals surface area contributed by atoms with Crippen LogP contribution in [0.5, 0.6) is 0 Å².